The van der Waals surface area contributed by atoms with E-state index in [0.29, 0.717) is 19.4 Å². The van der Waals surface area contributed by atoms with Crippen molar-refractivity contribution in [2.75, 3.05) is 6.54 Å². The number of sulfonamides is 1. The maximum absolute atomic E-state index is 11.9. The van der Waals surface area contributed by atoms with Crippen LogP contribution in [0.1, 0.15) is 24.8 Å². The lowest BCUT2D eigenvalue weighted by Crippen LogP contribution is -2.24. The SMILES string of the molecule is C#CCCCCNS(=O)(=O)c1ccc(C#N)c(Cl)c1. The number of halogens is 1. The van der Waals surface area contributed by atoms with Crippen molar-refractivity contribution < 1.29 is 8.42 Å². The van der Waals surface area contributed by atoms with Crippen molar-refractivity contribution in [3.8, 4) is 18.4 Å². The molecule has 0 bridgehead atoms. The van der Waals surface area contributed by atoms with Gasteiger partial charge in [0.05, 0.1) is 15.5 Å². The van der Waals surface area contributed by atoms with Gasteiger partial charge in [0.2, 0.25) is 10.0 Å². The molecule has 19 heavy (non-hydrogen) atoms. The van der Waals surface area contributed by atoms with Crippen LogP contribution in [0.15, 0.2) is 23.1 Å². The third-order valence-corrected chi connectivity index (χ3v) is 4.18. The normalized spacial score (nSPS) is 10.7. The minimum atomic E-state index is -3.59. The van der Waals surface area contributed by atoms with E-state index in [4.69, 9.17) is 23.3 Å². The molecule has 1 N–H and O–H groups in total. The molecule has 0 radical (unpaired) electrons. The second-order valence-corrected chi connectivity index (χ2v) is 5.99. The van der Waals surface area contributed by atoms with Gasteiger partial charge in [-0.1, -0.05) is 11.6 Å². The number of nitrogens with one attached hydrogen (secondary N) is 1. The number of hydrogen-bond acceptors (Lipinski definition) is 3. The van der Waals surface area contributed by atoms with Crippen molar-refractivity contribution in [1.82, 2.24) is 4.72 Å². The van der Waals surface area contributed by atoms with Crippen LogP contribution in [-0.4, -0.2) is 15.0 Å². The highest BCUT2D eigenvalue weighted by Crippen LogP contribution is 2.20. The topological polar surface area (TPSA) is 70.0 Å². The Morgan fingerprint density at radius 3 is 2.68 bits per heavy atom. The summed E-state index contributed by atoms with van der Waals surface area (Å²) in [6.07, 6.45) is 7.18. The fourth-order valence-corrected chi connectivity index (χ4v) is 2.78. The molecule has 0 heterocycles. The molecule has 0 spiro atoms. The lowest BCUT2D eigenvalue weighted by molar-refractivity contribution is 0.577. The Labute approximate surface area is 118 Å². The second-order valence-electron chi connectivity index (χ2n) is 3.81. The van der Waals surface area contributed by atoms with E-state index in [2.05, 4.69) is 10.6 Å². The molecule has 0 aliphatic rings. The summed E-state index contributed by atoms with van der Waals surface area (Å²) in [5.74, 6) is 2.49. The van der Waals surface area contributed by atoms with Crippen molar-refractivity contribution >= 4 is 21.6 Å². The predicted octanol–water partition coefficient (Wildman–Crippen LogP) is 2.29. The first-order valence-corrected chi connectivity index (χ1v) is 7.50. The highest BCUT2D eigenvalue weighted by Gasteiger charge is 2.14. The molecule has 0 amide bonds. The quantitative estimate of drug-likeness (QED) is 0.647. The fraction of sp³-hybridized carbons (Fsp3) is 0.308. The molecule has 4 nitrogen and oxygen atoms in total. The molecule has 0 atom stereocenters. The zero-order valence-corrected chi connectivity index (χ0v) is 11.8. The smallest absolute Gasteiger partial charge is 0.211 e. The van der Waals surface area contributed by atoms with Crippen LogP contribution >= 0.6 is 11.6 Å². The highest BCUT2D eigenvalue weighted by atomic mass is 35.5. The van der Waals surface area contributed by atoms with E-state index < -0.39 is 10.0 Å². The van der Waals surface area contributed by atoms with E-state index in [1.54, 1.807) is 0 Å². The minimum Gasteiger partial charge on any atom is -0.211 e. The van der Waals surface area contributed by atoms with Crippen LogP contribution in [-0.2, 0) is 10.0 Å². The van der Waals surface area contributed by atoms with Gasteiger partial charge in [-0.05, 0) is 31.0 Å². The molecule has 100 valence electrons. The van der Waals surface area contributed by atoms with E-state index in [9.17, 15) is 8.42 Å². The summed E-state index contributed by atoms with van der Waals surface area (Å²) in [6.45, 7) is 0.321. The van der Waals surface area contributed by atoms with Crippen molar-refractivity contribution in [1.29, 1.82) is 5.26 Å². The van der Waals surface area contributed by atoms with Gasteiger partial charge in [-0.25, -0.2) is 13.1 Å². The monoisotopic (exact) mass is 296 g/mol. The number of benzene rings is 1. The van der Waals surface area contributed by atoms with Crippen LogP contribution in [0, 0.1) is 23.7 Å². The standard InChI is InChI=1S/C13H13ClN2O2S/c1-2-3-4-5-8-16-19(17,18)12-7-6-11(10-15)13(14)9-12/h1,6-7,9,16H,3-5,8H2. The first-order valence-electron chi connectivity index (χ1n) is 5.64. The molecule has 0 saturated heterocycles. The second kappa shape index (κ2) is 7.16. The average molecular weight is 297 g/mol. The number of nitrogens with zero attached hydrogens (tertiary/aromatic N) is 1. The van der Waals surface area contributed by atoms with E-state index in [1.165, 1.54) is 18.2 Å². The minimum absolute atomic E-state index is 0.0495. The summed E-state index contributed by atoms with van der Waals surface area (Å²) in [4.78, 5) is 0.0495. The molecule has 0 aromatic heterocycles. The first kappa shape index (κ1) is 15.5. The molecule has 1 aromatic rings. The summed E-state index contributed by atoms with van der Waals surface area (Å²) < 4.78 is 26.3. The average Bonchev–Trinajstić information content (AvgIpc) is 2.38. The lowest BCUT2D eigenvalue weighted by Gasteiger charge is -2.07. The first-order chi connectivity index (χ1) is 9.01. The molecule has 0 fully saturated rings. The van der Waals surface area contributed by atoms with Crippen molar-refractivity contribution in [2.45, 2.75) is 24.2 Å². The molecule has 0 aliphatic carbocycles. The van der Waals surface area contributed by atoms with Gasteiger partial charge >= 0.3 is 0 Å². The fourth-order valence-electron chi connectivity index (χ4n) is 1.40. The summed E-state index contributed by atoms with van der Waals surface area (Å²) in [5, 5.41) is 8.84. The Hall–Kier alpha value is -1.53. The summed E-state index contributed by atoms with van der Waals surface area (Å²) in [7, 11) is -3.59. The van der Waals surface area contributed by atoms with Gasteiger partial charge in [-0.2, -0.15) is 5.26 Å². The Kier molecular flexibility index (Phi) is 5.85. The van der Waals surface area contributed by atoms with Gasteiger partial charge < -0.3 is 0 Å². The van der Waals surface area contributed by atoms with Gasteiger partial charge in [0.15, 0.2) is 0 Å². The molecule has 0 unspecified atom stereocenters. The van der Waals surface area contributed by atoms with Gasteiger partial charge in [0, 0.05) is 13.0 Å². The largest absolute Gasteiger partial charge is 0.240 e. The van der Waals surface area contributed by atoms with Gasteiger partial charge in [-0.15, -0.1) is 12.3 Å². The van der Waals surface area contributed by atoms with Crippen molar-refractivity contribution in [3.05, 3.63) is 28.8 Å². The Bertz CT molecular complexity index is 627. The maximum Gasteiger partial charge on any atom is 0.240 e. The number of nitriles is 1. The third kappa shape index (κ3) is 4.57. The number of unbranched alkanes of at least 4 members (excludes halogenated alkanes) is 2. The van der Waals surface area contributed by atoms with Crippen LogP contribution in [0.2, 0.25) is 5.02 Å². The maximum atomic E-state index is 11.9. The Morgan fingerprint density at radius 1 is 1.37 bits per heavy atom. The highest BCUT2D eigenvalue weighted by molar-refractivity contribution is 7.89. The lowest BCUT2D eigenvalue weighted by atomic mass is 10.2. The molecule has 0 aliphatic heterocycles. The van der Waals surface area contributed by atoms with Crippen LogP contribution in [0.25, 0.3) is 0 Å². The molecule has 0 saturated carbocycles. The number of terminal acetylenes is 1. The van der Waals surface area contributed by atoms with Gasteiger partial charge in [0.25, 0.3) is 0 Å². The summed E-state index contributed by atoms with van der Waals surface area (Å²) >= 11 is 5.80. The van der Waals surface area contributed by atoms with Crippen LogP contribution < -0.4 is 4.72 Å². The van der Waals surface area contributed by atoms with Crippen LogP contribution in [0.3, 0.4) is 0 Å². The molecular formula is C13H13ClN2O2S. The molecule has 1 aromatic carbocycles. The predicted molar refractivity (Wildman–Crippen MR) is 74.0 cm³/mol. The number of rotatable bonds is 6. The molecular weight excluding hydrogens is 284 g/mol. The Morgan fingerprint density at radius 2 is 2.11 bits per heavy atom. The molecule has 1 rings (SSSR count). The van der Waals surface area contributed by atoms with E-state index >= 15 is 0 Å². The van der Waals surface area contributed by atoms with E-state index in [0.717, 1.165) is 6.42 Å². The van der Waals surface area contributed by atoms with Crippen molar-refractivity contribution in [3.63, 3.8) is 0 Å². The van der Waals surface area contributed by atoms with E-state index in [-0.39, 0.29) is 15.5 Å². The van der Waals surface area contributed by atoms with Crippen LogP contribution in [0.4, 0.5) is 0 Å². The third-order valence-electron chi connectivity index (χ3n) is 2.41. The number of hydrogen-bond donors (Lipinski definition) is 1. The summed E-state index contributed by atoms with van der Waals surface area (Å²) in [5.41, 5.74) is 0.245. The molecule has 6 heteroatoms. The zero-order chi connectivity index (χ0) is 14.3. The Balaban J connectivity index is 2.71. The van der Waals surface area contributed by atoms with Gasteiger partial charge in [0.1, 0.15) is 6.07 Å². The summed E-state index contributed by atoms with van der Waals surface area (Å²) in [6, 6.07) is 5.88. The van der Waals surface area contributed by atoms with Crippen molar-refractivity contribution in [2.24, 2.45) is 0 Å². The van der Waals surface area contributed by atoms with E-state index in [1.807, 2.05) is 6.07 Å². The van der Waals surface area contributed by atoms with Gasteiger partial charge in [-0.3, -0.25) is 0 Å². The van der Waals surface area contributed by atoms with Crippen LogP contribution in [0.5, 0.6) is 0 Å². The zero-order valence-electron chi connectivity index (χ0n) is 10.2.